The quantitative estimate of drug-likeness (QED) is 0.803. The molecule has 1 fully saturated rings. The zero-order valence-electron chi connectivity index (χ0n) is 9.28. The van der Waals surface area contributed by atoms with Gasteiger partial charge in [0.05, 0.1) is 19.3 Å². The van der Waals surface area contributed by atoms with Crippen molar-refractivity contribution in [3.63, 3.8) is 0 Å². The lowest BCUT2D eigenvalue weighted by Crippen LogP contribution is -2.38. The summed E-state index contributed by atoms with van der Waals surface area (Å²) in [4.78, 5) is 0. The molecule has 0 radical (unpaired) electrons. The van der Waals surface area contributed by atoms with Gasteiger partial charge < -0.3 is 10.1 Å². The van der Waals surface area contributed by atoms with Crippen LogP contribution in [0.15, 0.2) is 12.4 Å². The zero-order valence-corrected chi connectivity index (χ0v) is 9.28. The van der Waals surface area contributed by atoms with Gasteiger partial charge in [0, 0.05) is 25.4 Å². The van der Waals surface area contributed by atoms with E-state index in [0.717, 1.165) is 26.3 Å². The molecule has 1 saturated heterocycles. The third-order valence-corrected chi connectivity index (χ3v) is 2.70. The third kappa shape index (κ3) is 3.32. The summed E-state index contributed by atoms with van der Waals surface area (Å²) in [5.74, 6) is 0. The highest BCUT2D eigenvalue weighted by Crippen LogP contribution is 2.05. The summed E-state index contributed by atoms with van der Waals surface area (Å²) in [6.45, 7) is 5.75. The summed E-state index contributed by atoms with van der Waals surface area (Å²) in [6, 6.07) is 0.537. The number of hydrogen-bond donors (Lipinski definition) is 1. The van der Waals surface area contributed by atoms with Gasteiger partial charge in [-0.3, -0.25) is 4.68 Å². The Bertz CT molecular complexity index is 292. The number of hydrogen-bond acceptors (Lipinski definition) is 3. The minimum Gasteiger partial charge on any atom is -0.380 e. The maximum Gasteiger partial charge on any atom is 0.0619 e. The molecule has 1 aliphatic rings. The summed E-state index contributed by atoms with van der Waals surface area (Å²) in [7, 11) is 0. The van der Waals surface area contributed by atoms with Crippen LogP contribution in [0.1, 0.15) is 18.4 Å². The van der Waals surface area contributed by atoms with Crippen molar-refractivity contribution in [1.82, 2.24) is 15.1 Å². The normalized spacial score (nSPS) is 21.8. The lowest BCUT2D eigenvalue weighted by Gasteiger charge is -2.23. The van der Waals surface area contributed by atoms with E-state index in [9.17, 15) is 0 Å². The molecule has 15 heavy (non-hydrogen) atoms. The van der Waals surface area contributed by atoms with Crippen molar-refractivity contribution in [3.8, 4) is 0 Å². The zero-order chi connectivity index (χ0) is 10.5. The van der Waals surface area contributed by atoms with Crippen LogP contribution in [-0.4, -0.2) is 35.6 Å². The highest BCUT2D eigenvalue weighted by Gasteiger charge is 2.12. The van der Waals surface area contributed by atoms with Crippen LogP contribution >= 0.6 is 0 Å². The number of nitrogens with one attached hydrogen (secondary N) is 1. The van der Waals surface area contributed by atoms with Crippen molar-refractivity contribution in [2.75, 3.05) is 19.8 Å². The Labute approximate surface area is 90.6 Å². The van der Waals surface area contributed by atoms with E-state index in [2.05, 4.69) is 23.5 Å². The Kier molecular flexibility index (Phi) is 3.75. The monoisotopic (exact) mass is 209 g/mol. The van der Waals surface area contributed by atoms with Crippen molar-refractivity contribution in [3.05, 3.63) is 18.0 Å². The number of aromatic nitrogens is 2. The maximum absolute atomic E-state index is 5.40. The summed E-state index contributed by atoms with van der Waals surface area (Å²) in [5, 5.41) is 7.74. The minimum absolute atomic E-state index is 0.537. The average Bonchev–Trinajstić information content (AvgIpc) is 2.66. The average molecular weight is 209 g/mol. The first-order valence-electron chi connectivity index (χ1n) is 5.65. The first-order chi connectivity index (χ1) is 7.34. The van der Waals surface area contributed by atoms with E-state index in [1.807, 2.05) is 10.9 Å². The highest BCUT2D eigenvalue weighted by atomic mass is 16.5. The molecule has 1 N–H and O–H groups in total. The molecule has 0 bridgehead atoms. The van der Waals surface area contributed by atoms with Crippen molar-refractivity contribution in [2.24, 2.45) is 0 Å². The maximum atomic E-state index is 5.40. The number of nitrogens with zero attached hydrogens (tertiary/aromatic N) is 2. The molecule has 4 nitrogen and oxygen atoms in total. The van der Waals surface area contributed by atoms with Crippen LogP contribution in [0.2, 0.25) is 0 Å². The summed E-state index contributed by atoms with van der Waals surface area (Å²) >= 11 is 0. The fraction of sp³-hybridized carbons (Fsp3) is 0.727. The van der Waals surface area contributed by atoms with Gasteiger partial charge in [-0.15, -0.1) is 0 Å². The van der Waals surface area contributed by atoms with Gasteiger partial charge in [-0.25, -0.2) is 0 Å². The second-order valence-electron chi connectivity index (χ2n) is 4.15. The summed E-state index contributed by atoms with van der Waals surface area (Å²) < 4.78 is 7.38. The van der Waals surface area contributed by atoms with E-state index in [0.29, 0.717) is 6.04 Å². The van der Waals surface area contributed by atoms with E-state index >= 15 is 0 Å². The SMILES string of the molecule is Cc1cnn(CCNC2CCCOC2)c1. The highest BCUT2D eigenvalue weighted by molar-refractivity contribution is 4.99. The molecule has 2 rings (SSSR count). The first-order valence-corrected chi connectivity index (χ1v) is 5.65. The molecule has 1 aromatic rings. The molecule has 4 heteroatoms. The molecule has 0 saturated carbocycles. The second kappa shape index (κ2) is 5.28. The second-order valence-corrected chi connectivity index (χ2v) is 4.15. The van der Waals surface area contributed by atoms with Crippen LogP contribution < -0.4 is 5.32 Å². The molecule has 1 aromatic heterocycles. The van der Waals surface area contributed by atoms with Crippen molar-refractivity contribution in [1.29, 1.82) is 0 Å². The molecule has 1 aliphatic heterocycles. The van der Waals surface area contributed by atoms with Crippen LogP contribution in [0.4, 0.5) is 0 Å². The van der Waals surface area contributed by atoms with Gasteiger partial charge in [0.15, 0.2) is 0 Å². The summed E-state index contributed by atoms with van der Waals surface area (Å²) in [6.07, 6.45) is 6.37. The lowest BCUT2D eigenvalue weighted by atomic mass is 10.1. The summed E-state index contributed by atoms with van der Waals surface area (Å²) in [5.41, 5.74) is 1.22. The molecule has 0 amide bonds. The van der Waals surface area contributed by atoms with Gasteiger partial charge >= 0.3 is 0 Å². The fourth-order valence-electron chi connectivity index (χ4n) is 1.87. The van der Waals surface area contributed by atoms with Crippen molar-refractivity contribution >= 4 is 0 Å². The third-order valence-electron chi connectivity index (χ3n) is 2.70. The Morgan fingerprint density at radius 1 is 1.67 bits per heavy atom. The molecule has 0 aromatic carbocycles. The molecule has 0 spiro atoms. The standard InChI is InChI=1S/C11H19N3O/c1-10-7-13-14(8-10)5-4-12-11-3-2-6-15-9-11/h7-8,11-12H,2-6,9H2,1H3. The minimum atomic E-state index is 0.537. The van der Waals surface area contributed by atoms with Gasteiger partial charge in [-0.05, 0) is 25.3 Å². The van der Waals surface area contributed by atoms with Gasteiger partial charge in [0.25, 0.3) is 0 Å². The number of aryl methyl sites for hydroxylation is 1. The van der Waals surface area contributed by atoms with E-state index in [4.69, 9.17) is 4.74 Å². The topological polar surface area (TPSA) is 39.1 Å². The van der Waals surface area contributed by atoms with Gasteiger partial charge in [0.2, 0.25) is 0 Å². The van der Waals surface area contributed by atoms with Gasteiger partial charge in [-0.2, -0.15) is 5.10 Å². The Morgan fingerprint density at radius 2 is 2.60 bits per heavy atom. The molecule has 2 heterocycles. The van der Waals surface area contributed by atoms with E-state index < -0.39 is 0 Å². The predicted molar refractivity (Wildman–Crippen MR) is 58.8 cm³/mol. The Balaban J connectivity index is 1.65. The van der Waals surface area contributed by atoms with E-state index in [1.54, 1.807) is 0 Å². The largest absolute Gasteiger partial charge is 0.380 e. The molecule has 84 valence electrons. The van der Waals surface area contributed by atoms with Crippen LogP contribution in [0.3, 0.4) is 0 Å². The first kappa shape index (κ1) is 10.6. The number of ether oxygens (including phenoxy) is 1. The van der Waals surface area contributed by atoms with Gasteiger partial charge in [-0.1, -0.05) is 0 Å². The molecular formula is C11H19N3O. The lowest BCUT2D eigenvalue weighted by molar-refractivity contribution is 0.0702. The fourth-order valence-corrected chi connectivity index (χ4v) is 1.87. The van der Waals surface area contributed by atoms with Crippen LogP contribution in [0.25, 0.3) is 0 Å². The Hall–Kier alpha value is -0.870. The van der Waals surface area contributed by atoms with Crippen molar-refractivity contribution in [2.45, 2.75) is 32.4 Å². The smallest absolute Gasteiger partial charge is 0.0619 e. The molecule has 1 unspecified atom stereocenters. The van der Waals surface area contributed by atoms with Crippen LogP contribution in [0.5, 0.6) is 0 Å². The molecular weight excluding hydrogens is 190 g/mol. The molecule has 1 atom stereocenters. The van der Waals surface area contributed by atoms with Crippen molar-refractivity contribution < 1.29 is 4.74 Å². The van der Waals surface area contributed by atoms with E-state index in [-0.39, 0.29) is 0 Å². The predicted octanol–water partition coefficient (Wildman–Crippen LogP) is 0.960. The van der Waals surface area contributed by atoms with E-state index in [1.165, 1.54) is 18.4 Å². The van der Waals surface area contributed by atoms with Crippen LogP contribution in [0, 0.1) is 6.92 Å². The number of rotatable bonds is 4. The molecule has 0 aliphatic carbocycles. The Morgan fingerprint density at radius 3 is 3.27 bits per heavy atom. The van der Waals surface area contributed by atoms with Crippen LogP contribution in [-0.2, 0) is 11.3 Å². The van der Waals surface area contributed by atoms with Gasteiger partial charge in [0.1, 0.15) is 0 Å².